The van der Waals surface area contributed by atoms with E-state index < -0.39 is 0 Å². The van der Waals surface area contributed by atoms with E-state index in [1.165, 1.54) is 11.1 Å². The zero-order valence-electron chi connectivity index (χ0n) is 15.0. The van der Waals surface area contributed by atoms with Crippen LogP contribution in [0.4, 0.5) is 0 Å². The van der Waals surface area contributed by atoms with Gasteiger partial charge >= 0.3 is 0 Å². The lowest BCUT2D eigenvalue weighted by atomic mass is 10.1. The average Bonchev–Trinajstić information content (AvgIpc) is 3.07. The van der Waals surface area contributed by atoms with E-state index in [2.05, 4.69) is 28.7 Å². The Hall–Kier alpha value is -2.22. The van der Waals surface area contributed by atoms with Crippen molar-refractivity contribution in [3.8, 4) is 0 Å². The topological polar surface area (TPSA) is 74.6 Å². The summed E-state index contributed by atoms with van der Waals surface area (Å²) in [6.07, 6.45) is 2.70. The number of nitrogens with one attached hydrogen (secondary N) is 1. The van der Waals surface area contributed by atoms with E-state index in [0.29, 0.717) is 26.4 Å². The molecule has 1 aliphatic rings. The van der Waals surface area contributed by atoms with Crippen LogP contribution in [0.5, 0.6) is 0 Å². The molecule has 1 atom stereocenters. The van der Waals surface area contributed by atoms with Gasteiger partial charge in [-0.2, -0.15) is 5.10 Å². The highest BCUT2D eigenvalue weighted by Crippen LogP contribution is 2.25. The van der Waals surface area contributed by atoms with E-state index in [1.54, 1.807) is 7.11 Å². The number of ether oxygens (including phenoxy) is 3. The van der Waals surface area contributed by atoms with E-state index in [0.717, 1.165) is 18.7 Å². The predicted molar refractivity (Wildman–Crippen MR) is 95.9 cm³/mol. The van der Waals surface area contributed by atoms with Crippen molar-refractivity contribution in [2.24, 2.45) is 0 Å². The molecular weight excluding hydrogens is 334 g/mol. The zero-order valence-corrected chi connectivity index (χ0v) is 15.0. The molecule has 2 heterocycles. The third kappa shape index (κ3) is 5.14. The Morgan fingerprint density at radius 1 is 1.35 bits per heavy atom. The Morgan fingerprint density at radius 2 is 2.19 bits per heavy atom. The number of hydrogen-bond acceptors (Lipinski definition) is 5. The summed E-state index contributed by atoms with van der Waals surface area (Å²) >= 11 is 0. The Kier molecular flexibility index (Phi) is 6.76. The molecule has 0 radical (unpaired) electrons. The molecule has 1 aliphatic heterocycles. The second-order valence-corrected chi connectivity index (χ2v) is 6.18. The second-order valence-electron chi connectivity index (χ2n) is 6.18. The van der Waals surface area contributed by atoms with Crippen molar-refractivity contribution < 1.29 is 19.0 Å². The molecule has 26 heavy (non-hydrogen) atoms. The zero-order chi connectivity index (χ0) is 18.2. The molecule has 0 saturated carbocycles. The van der Waals surface area contributed by atoms with Crippen molar-refractivity contribution in [3.05, 3.63) is 53.3 Å². The first-order valence-electron chi connectivity index (χ1n) is 8.81. The van der Waals surface area contributed by atoms with Gasteiger partial charge in [0.05, 0.1) is 32.1 Å². The maximum atomic E-state index is 11.8. The van der Waals surface area contributed by atoms with E-state index >= 15 is 0 Å². The molecule has 3 rings (SSSR count). The van der Waals surface area contributed by atoms with Crippen LogP contribution in [0.3, 0.4) is 0 Å². The molecule has 1 amide bonds. The van der Waals surface area contributed by atoms with Crippen LogP contribution < -0.4 is 5.32 Å². The first kappa shape index (κ1) is 18.6. The monoisotopic (exact) mass is 359 g/mol. The highest BCUT2D eigenvalue weighted by atomic mass is 16.5. The van der Waals surface area contributed by atoms with Gasteiger partial charge in [-0.3, -0.25) is 9.48 Å². The minimum atomic E-state index is -0.223. The SMILES string of the molecule is COCCOCC(=O)NCC1OCCc2cn(Cc3ccccc3)nc21. The van der Waals surface area contributed by atoms with Crippen LogP contribution in [0.25, 0.3) is 0 Å². The van der Waals surface area contributed by atoms with Gasteiger partial charge in [0, 0.05) is 19.9 Å². The Morgan fingerprint density at radius 3 is 3.00 bits per heavy atom. The van der Waals surface area contributed by atoms with Crippen LogP contribution in [0.2, 0.25) is 0 Å². The van der Waals surface area contributed by atoms with Crippen molar-refractivity contribution in [2.45, 2.75) is 19.1 Å². The standard InChI is InChI=1S/C19H25N3O4/c1-24-9-10-25-14-18(23)20-11-17-19-16(7-8-26-17)13-22(21-19)12-15-5-3-2-4-6-15/h2-6,13,17H,7-12,14H2,1H3,(H,20,23). The van der Waals surface area contributed by atoms with Gasteiger partial charge in [0.1, 0.15) is 12.7 Å². The first-order chi connectivity index (χ1) is 12.8. The minimum absolute atomic E-state index is 0.0192. The molecule has 0 bridgehead atoms. The minimum Gasteiger partial charge on any atom is -0.382 e. The lowest BCUT2D eigenvalue weighted by molar-refractivity contribution is -0.126. The number of hydrogen-bond donors (Lipinski definition) is 1. The molecule has 1 unspecified atom stereocenters. The fraction of sp³-hybridized carbons (Fsp3) is 0.474. The lowest BCUT2D eigenvalue weighted by Gasteiger charge is -2.22. The summed E-state index contributed by atoms with van der Waals surface area (Å²) in [4.78, 5) is 11.8. The summed E-state index contributed by atoms with van der Waals surface area (Å²) in [7, 11) is 1.60. The van der Waals surface area contributed by atoms with Crippen LogP contribution in [-0.2, 0) is 32.0 Å². The summed E-state index contributed by atoms with van der Waals surface area (Å²) in [6, 6.07) is 10.2. The number of amides is 1. The molecule has 140 valence electrons. The third-order valence-corrected chi connectivity index (χ3v) is 4.20. The van der Waals surface area contributed by atoms with E-state index in [1.807, 2.05) is 22.9 Å². The molecular formula is C19H25N3O4. The van der Waals surface area contributed by atoms with Gasteiger partial charge in [0.25, 0.3) is 0 Å². The molecule has 1 aromatic heterocycles. The van der Waals surface area contributed by atoms with Gasteiger partial charge < -0.3 is 19.5 Å². The second kappa shape index (κ2) is 9.47. The fourth-order valence-corrected chi connectivity index (χ4v) is 2.90. The summed E-state index contributed by atoms with van der Waals surface area (Å²) in [5, 5.41) is 7.53. The van der Waals surface area contributed by atoms with Crippen LogP contribution in [0, 0.1) is 0 Å². The van der Waals surface area contributed by atoms with Gasteiger partial charge in [-0.25, -0.2) is 0 Å². The van der Waals surface area contributed by atoms with Crippen molar-refractivity contribution >= 4 is 5.91 Å². The highest BCUT2D eigenvalue weighted by molar-refractivity contribution is 5.77. The maximum Gasteiger partial charge on any atom is 0.246 e. The predicted octanol–water partition coefficient (Wildman–Crippen LogP) is 1.32. The molecule has 7 heteroatoms. The van der Waals surface area contributed by atoms with Gasteiger partial charge in [-0.05, 0) is 17.5 Å². The van der Waals surface area contributed by atoms with Crippen molar-refractivity contribution in [3.63, 3.8) is 0 Å². The normalized spacial score (nSPS) is 16.3. The Labute approximate surface area is 153 Å². The third-order valence-electron chi connectivity index (χ3n) is 4.20. The summed E-state index contributed by atoms with van der Waals surface area (Å²) in [6.45, 7) is 2.64. The highest BCUT2D eigenvalue weighted by Gasteiger charge is 2.25. The van der Waals surface area contributed by atoms with Gasteiger partial charge in [0.2, 0.25) is 5.91 Å². The molecule has 0 aliphatic carbocycles. The van der Waals surface area contributed by atoms with Crippen molar-refractivity contribution in [2.75, 3.05) is 40.1 Å². The van der Waals surface area contributed by atoms with Gasteiger partial charge in [-0.15, -0.1) is 0 Å². The number of aromatic nitrogens is 2. The number of rotatable bonds is 9. The molecule has 0 saturated heterocycles. The lowest BCUT2D eigenvalue weighted by Crippen LogP contribution is -2.34. The molecule has 2 aromatic rings. The number of methoxy groups -OCH3 is 1. The molecule has 0 fully saturated rings. The van der Waals surface area contributed by atoms with E-state index in [-0.39, 0.29) is 18.6 Å². The molecule has 1 N–H and O–H groups in total. The fourth-order valence-electron chi connectivity index (χ4n) is 2.90. The van der Waals surface area contributed by atoms with E-state index in [9.17, 15) is 4.79 Å². The Balaban J connectivity index is 1.54. The van der Waals surface area contributed by atoms with Gasteiger partial charge in [0.15, 0.2) is 0 Å². The van der Waals surface area contributed by atoms with Gasteiger partial charge in [-0.1, -0.05) is 30.3 Å². The number of fused-ring (bicyclic) bond motifs is 1. The largest absolute Gasteiger partial charge is 0.382 e. The van der Waals surface area contributed by atoms with Crippen LogP contribution in [-0.4, -0.2) is 55.8 Å². The quantitative estimate of drug-likeness (QED) is 0.684. The first-order valence-corrected chi connectivity index (χ1v) is 8.81. The maximum absolute atomic E-state index is 11.8. The van der Waals surface area contributed by atoms with Crippen molar-refractivity contribution in [1.29, 1.82) is 0 Å². The number of benzene rings is 1. The smallest absolute Gasteiger partial charge is 0.246 e. The summed E-state index contributed by atoms with van der Waals surface area (Å²) < 4.78 is 17.8. The number of nitrogens with zero attached hydrogens (tertiary/aromatic N) is 2. The number of carbonyl (C=O) groups excluding carboxylic acids is 1. The Bertz CT molecular complexity index is 702. The molecule has 1 aromatic carbocycles. The summed E-state index contributed by atoms with van der Waals surface area (Å²) in [5.41, 5.74) is 3.29. The number of carbonyl (C=O) groups is 1. The van der Waals surface area contributed by atoms with Crippen LogP contribution in [0.15, 0.2) is 36.5 Å². The van der Waals surface area contributed by atoms with Crippen molar-refractivity contribution in [1.82, 2.24) is 15.1 Å². The van der Waals surface area contributed by atoms with Crippen LogP contribution in [0.1, 0.15) is 22.9 Å². The average molecular weight is 359 g/mol. The van der Waals surface area contributed by atoms with E-state index in [4.69, 9.17) is 14.2 Å². The van der Waals surface area contributed by atoms with Crippen LogP contribution >= 0.6 is 0 Å². The molecule has 0 spiro atoms. The molecule has 7 nitrogen and oxygen atoms in total. The summed E-state index contributed by atoms with van der Waals surface area (Å²) in [5.74, 6) is -0.166.